The third kappa shape index (κ3) is 6.36. The maximum atomic E-state index is 12.4. The van der Waals surface area contributed by atoms with Crippen molar-refractivity contribution in [3.8, 4) is 11.5 Å². The number of ether oxygens (including phenoxy) is 2. The van der Waals surface area contributed by atoms with Gasteiger partial charge in [-0.05, 0) is 35.7 Å². The first kappa shape index (κ1) is 20.4. The minimum absolute atomic E-state index is 0.0100. The molecular formula is C24H25NO4. The molecule has 2 N–H and O–H groups in total. The highest BCUT2D eigenvalue weighted by Crippen LogP contribution is 2.20. The lowest BCUT2D eigenvalue weighted by Gasteiger charge is -2.11. The Balaban J connectivity index is 1.45. The summed E-state index contributed by atoms with van der Waals surface area (Å²) in [5.41, 5.74) is 2.51. The average Bonchev–Trinajstić information content (AvgIpc) is 2.77. The first-order valence-electron chi connectivity index (χ1n) is 9.63. The summed E-state index contributed by atoms with van der Waals surface area (Å²) >= 11 is 0. The number of benzene rings is 3. The number of rotatable bonds is 10. The van der Waals surface area contributed by atoms with Gasteiger partial charge in [-0.2, -0.15) is 0 Å². The zero-order valence-electron chi connectivity index (χ0n) is 16.2. The van der Waals surface area contributed by atoms with Gasteiger partial charge in [0.05, 0.1) is 6.54 Å². The van der Waals surface area contributed by atoms with Crippen molar-refractivity contribution < 1.29 is 19.4 Å². The van der Waals surface area contributed by atoms with Gasteiger partial charge in [0.25, 0.3) is 5.91 Å². The Morgan fingerprint density at radius 1 is 0.862 bits per heavy atom. The third-order valence-corrected chi connectivity index (χ3v) is 4.35. The highest BCUT2D eigenvalue weighted by atomic mass is 16.5. The smallest absolute Gasteiger partial charge is 0.251 e. The lowest BCUT2D eigenvalue weighted by atomic mass is 10.0. The van der Waals surface area contributed by atoms with E-state index in [-0.39, 0.29) is 12.5 Å². The SMILES string of the molecule is O=C(NCCOc1cccc(OCc2ccccc2)c1)c1ccccc1CCO. The molecule has 0 aliphatic carbocycles. The van der Waals surface area contributed by atoms with Crippen molar-refractivity contribution in [2.75, 3.05) is 19.8 Å². The molecule has 0 fully saturated rings. The van der Waals surface area contributed by atoms with Crippen LogP contribution in [0.4, 0.5) is 0 Å². The molecule has 0 saturated carbocycles. The topological polar surface area (TPSA) is 67.8 Å². The van der Waals surface area contributed by atoms with Crippen molar-refractivity contribution in [2.45, 2.75) is 13.0 Å². The first-order valence-corrected chi connectivity index (χ1v) is 9.63. The zero-order valence-corrected chi connectivity index (χ0v) is 16.2. The van der Waals surface area contributed by atoms with Crippen LogP contribution in [0.3, 0.4) is 0 Å². The van der Waals surface area contributed by atoms with Gasteiger partial charge in [0.1, 0.15) is 24.7 Å². The van der Waals surface area contributed by atoms with E-state index in [2.05, 4.69) is 5.32 Å². The van der Waals surface area contributed by atoms with E-state index in [0.717, 1.165) is 16.9 Å². The van der Waals surface area contributed by atoms with Crippen LogP contribution in [0.5, 0.6) is 11.5 Å². The molecule has 3 aromatic rings. The Morgan fingerprint density at radius 3 is 2.38 bits per heavy atom. The molecule has 3 rings (SSSR count). The normalized spacial score (nSPS) is 10.4. The van der Waals surface area contributed by atoms with E-state index in [9.17, 15) is 4.79 Å². The van der Waals surface area contributed by atoms with Crippen molar-refractivity contribution in [3.63, 3.8) is 0 Å². The quantitative estimate of drug-likeness (QED) is 0.518. The number of nitrogens with one attached hydrogen (secondary N) is 1. The molecule has 29 heavy (non-hydrogen) atoms. The molecule has 5 heteroatoms. The average molecular weight is 391 g/mol. The van der Waals surface area contributed by atoms with E-state index in [4.69, 9.17) is 14.6 Å². The van der Waals surface area contributed by atoms with Crippen LogP contribution in [-0.4, -0.2) is 30.8 Å². The number of carbonyl (C=O) groups excluding carboxylic acids is 1. The van der Waals surface area contributed by atoms with Crippen molar-refractivity contribution in [3.05, 3.63) is 95.6 Å². The number of amides is 1. The van der Waals surface area contributed by atoms with E-state index < -0.39 is 0 Å². The molecule has 5 nitrogen and oxygen atoms in total. The third-order valence-electron chi connectivity index (χ3n) is 4.35. The lowest BCUT2D eigenvalue weighted by Crippen LogP contribution is -2.29. The molecule has 1 amide bonds. The monoisotopic (exact) mass is 391 g/mol. The molecule has 0 atom stereocenters. The summed E-state index contributed by atoms with van der Waals surface area (Å²) in [6, 6.07) is 24.7. The van der Waals surface area contributed by atoms with Crippen molar-refractivity contribution in [1.82, 2.24) is 5.32 Å². The fourth-order valence-corrected chi connectivity index (χ4v) is 2.90. The zero-order chi connectivity index (χ0) is 20.3. The number of carbonyl (C=O) groups is 1. The molecular weight excluding hydrogens is 366 g/mol. The number of hydrogen-bond donors (Lipinski definition) is 2. The second-order valence-corrected chi connectivity index (χ2v) is 6.48. The van der Waals surface area contributed by atoms with E-state index in [1.165, 1.54) is 0 Å². The molecule has 0 aromatic heterocycles. The Kier molecular flexibility index (Phi) is 7.66. The van der Waals surface area contributed by atoms with Crippen molar-refractivity contribution >= 4 is 5.91 Å². The maximum Gasteiger partial charge on any atom is 0.251 e. The molecule has 0 saturated heterocycles. The Hall–Kier alpha value is -3.31. The Bertz CT molecular complexity index is 912. The van der Waals surface area contributed by atoms with Gasteiger partial charge in [0.15, 0.2) is 0 Å². The fourth-order valence-electron chi connectivity index (χ4n) is 2.90. The fraction of sp³-hybridized carbons (Fsp3) is 0.208. The summed E-state index contributed by atoms with van der Waals surface area (Å²) < 4.78 is 11.5. The van der Waals surface area contributed by atoms with E-state index in [1.807, 2.05) is 72.8 Å². The minimum atomic E-state index is -0.169. The molecule has 0 bridgehead atoms. The summed E-state index contributed by atoms with van der Waals surface area (Å²) in [7, 11) is 0. The summed E-state index contributed by atoms with van der Waals surface area (Å²) in [4.78, 5) is 12.4. The van der Waals surface area contributed by atoms with Crippen LogP contribution in [0, 0.1) is 0 Å². The van der Waals surface area contributed by atoms with Gasteiger partial charge in [0.2, 0.25) is 0 Å². The minimum Gasteiger partial charge on any atom is -0.492 e. The largest absolute Gasteiger partial charge is 0.492 e. The van der Waals surface area contributed by atoms with E-state index >= 15 is 0 Å². The standard InChI is InChI=1S/C24H25NO4/c26-15-13-20-9-4-5-12-23(20)24(27)25-14-16-28-21-10-6-11-22(17-21)29-18-19-7-2-1-3-8-19/h1-12,17,26H,13-16,18H2,(H,25,27). The highest BCUT2D eigenvalue weighted by molar-refractivity contribution is 5.95. The van der Waals surface area contributed by atoms with Gasteiger partial charge < -0.3 is 19.9 Å². The molecule has 0 aliphatic heterocycles. The molecule has 0 radical (unpaired) electrons. The number of hydrogen-bond acceptors (Lipinski definition) is 4. The Morgan fingerprint density at radius 2 is 1.59 bits per heavy atom. The summed E-state index contributed by atoms with van der Waals surface area (Å²) in [5.74, 6) is 1.25. The van der Waals surface area contributed by atoms with Crippen molar-refractivity contribution in [2.24, 2.45) is 0 Å². The summed E-state index contributed by atoms with van der Waals surface area (Å²) in [6.45, 7) is 1.22. The molecule has 0 heterocycles. The van der Waals surface area contributed by atoms with Gasteiger partial charge in [-0.15, -0.1) is 0 Å². The van der Waals surface area contributed by atoms with Crippen LogP contribution >= 0.6 is 0 Å². The second kappa shape index (κ2) is 10.9. The van der Waals surface area contributed by atoms with Gasteiger partial charge in [-0.3, -0.25) is 4.79 Å². The second-order valence-electron chi connectivity index (χ2n) is 6.48. The van der Waals surface area contributed by atoms with Crippen LogP contribution in [0.1, 0.15) is 21.5 Å². The van der Waals surface area contributed by atoms with Gasteiger partial charge in [-0.1, -0.05) is 54.6 Å². The summed E-state index contributed by atoms with van der Waals surface area (Å²) in [6.07, 6.45) is 0.454. The van der Waals surface area contributed by atoms with Gasteiger partial charge in [0, 0.05) is 18.2 Å². The Labute approximate surface area is 170 Å². The van der Waals surface area contributed by atoms with E-state index in [0.29, 0.717) is 37.5 Å². The number of aliphatic hydroxyl groups is 1. The maximum absolute atomic E-state index is 12.4. The molecule has 0 unspecified atom stereocenters. The van der Waals surface area contributed by atoms with Gasteiger partial charge >= 0.3 is 0 Å². The predicted octanol–water partition coefficient (Wildman–Crippen LogP) is 3.61. The number of aliphatic hydroxyl groups excluding tert-OH is 1. The van der Waals surface area contributed by atoms with Crippen LogP contribution in [0.2, 0.25) is 0 Å². The van der Waals surface area contributed by atoms with Crippen LogP contribution in [0.25, 0.3) is 0 Å². The highest BCUT2D eigenvalue weighted by Gasteiger charge is 2.10. The molecule has 0 spiro atoms. The van der Waals surface area contributed by atoms with Gasteiger partial charge in [-0.25, -0.2) is 0 Å². The van der Waals surface area contributed by atoms with Crippen molar-refractivity contribution in [1.29, 1.82) is 0 Å². The first-order chi connectivity index (χ1) is 14.3. The summed E-state index contributed by atoms with van der Waals surface area (Å²) in [5, 5.41) is 12.0. The van der Waals surface area contributed by atoms with Crippen LogP contribution < -0.4 is 14.8 Å². The van der Waals surface area contributed by atoms with Crippen LogP contribution in [0.15, 0.2) is 78.9 Å². The predicted molar refractivity (Wildman–Crippen MR) is 112 cm³/mol. The van der Waals surface area contributed by atoms with Crippen LogP contribution in [-0.2, 0) is 13.0 Å². The lowest BCUT2D eigenvalue weighted by molar-refractivity contribution is 0.0946. The molecule has 3 aromatic carbocycles. The molecule has 150 valence electrons. The van der Waals surface area contributed by atoms with E-state index in [1.54, 1.807) is 6.07 Å². The molecule has 0 aliphatic rings.